The van der Waals surface area contributed by atoms with Crippen LogP contribution in [0.1, 0.15) is 16.8 Å². The number of hydrogen-bond acceptors (Lipinski definition) is 4. The van der Waals surface area contributed by atoms with Crippen LogP contribution >= 0.6 is 11.6 Å². The summed E-state index contributed by atoms with van der Waals surface area (Å²) in [4.78, 5) is 6.14. The topological polar surface area (TPSA) is 65.1 Å². The third kappa shape index (κ3) is 1.89. The Morgan fingerprint density at radius 3 is 2.90 bits per heavy atom. The van der Waals surface area contributed by atoms with Gasteiger partial charge in [-0.1, -0.05) is 17.7 Å². The van der Waals surface area contributed by atoms with Crippen LogP contribution in [0.2, 0.25) is 5.15 Å². The molecule has 5 nitrogen and oxygen atoms in total. The molecule has 0 atom stereocenters. The van der Waals surface area contributed by atoms with Gasteiger partial charge in [0.05, 0.1) is 5.69 Å². The molecule has 0 saturated heterocycles. The van der Waals surface area contributed by atoms with Crippen molar-refractivity contribution in [3.63, 3.8) is 0 Å². The van der Waals surface area contributed by atoms with Gasteiger partial charge in [-0.05, 0) is 18.6 Å². The highest BCUT2D eigenvalue weighted by Gasteiger charge is 2.29. The van der Waals surface area contributed by atoms with Crippen LogP contribution in [-0.2, 0) is 13.1 Å². The van der Waals surface area contributed by atoms with E-state index in [9.17, 15) is 10.4 Å². The van der Waals surface area contributed by atoms with Crippen LogP contribution in [-0.4, -0.2) is 21.2 Å². The number of halogens is 1. The molecular formula is C14H13ClN4O. The van der Waals surface area contributed by atoms with Crippen molar-refractivity contribution in [3.8, 4) is 11.8 Å². The molecule has 0 aromatic carbocycles. The summed E-state index contributed by atoms with van der Waals surface area (Å²) < 4.78 is 1.98. The fourth-order valence-electron chi connectivity index (χ4n) is 2.61. The van der Waals surface area contributed by atoms with Gasteiger partial charge in [0.15, 0.2) is 5.75 Å². The molecule has 0 bridgehead atoms. The van der Waals surface area contributed by atoms with Gasteiger partial charge in [0.2, 0.25) is 0 Å². The molecule has 1 aliphatic heterocycles. The van der Waals surface area contributed by atoms with Crippen molar-refractivity contribution < 1.29 is 5.11 Å². The minimum absolute atomic E-state index is 0.0847. The molecule has 102 valence electrons. The molecule has 0 unspecified atom stereocenters. The highest BCUT2D eigenvalue weighted by Crippen LogP contribution is 2.38. The highest BCUT2D eigenvalue weighted by molar-refractivity contribution is 6.29. The number of pyridine rings is 1. The second-order valence-corrected chi connectivity index (χ2v) is 5.19. The summed E-state index contributed by atoms with van der Waals surface area (Å²) in [5, 5.41) is 19.7. The van der Waals surface area contributed by atoms with E-state index in [4.69, 9.17) is 11.6 Å². The third-order valence-corrected chi connectivity index (χ3v) is 3.85. The first-order chi connectivity index (χ1) is 9.61. The standard InChI is InChI=1S/C14H13ClN4O/c1-9-13(20)11(6-16)14-18(4-5-19(9)14)8-10-2-3-12(15)17-7-10/h2-3,7,20H,4-5,8H2,1H3. The maximum absolute atomic E-state index is 9.98. The van der Waals surface area contributed by atoms with E-state index in [1.807, 2.05) is 17.6 Å². The van der Waals surface area contributed by atoms with Crippen LogP contribution in [0.15, 0.2) is 18.3 Å². The molecular weight excluding hydrogens is 276 g/mol. The molecule has 0 aliphatic carbocycles. The zero-order valence-electron chi connectivity index (χ0n) is 11.0. The summed E-state index contributed by atoms with van der Waals surface area (Å²) in [6.45, 7) is 4.06. The van der Waals surface area contributed by atoms with Crippen molar-refractivity contribution in [1.82, 2.24) is 9.55 Å². The average molecular weight is 289 g/mol. The van der Waals surface area contributed by atoms with Gasteiger partial charge in [-0.15, -0.1) is 0 Å². The van der Waals surface area contributed by atoms with Crippen molar-refractivity contribution in [2.45, 2.75) is 20.0 Å². The number of aromatic nitrogens is 2. The van der Waals surface area contributed by atoms with Crippen LogP contribution < -0.4 is 4.90 Å². The van der Waals surface area contributed by atoms with E-state index in [0.717, 1.165) is 30.2 Å². The lowest BCUT2D eigenvalue weighted by molar-refractivity contribution is 0.466. The van der Waals surface area contributed by atoms with Crippen LogP contribution in [0.25, 0.3) is 0 Å². The Morgan fingerprint density at radius 2 is 2.25 bits per heavy atom. The molecule has 3 heterocycles. The monoisotopic (exact) mass is 288 g/mol. The fourth-order valence-corrected chi connectivity index (χ4v) is 2.73. The quantitative estimate of drug-likeness (QED) is 0.862. The molecule has 1 N–H and O–H groups in total. The molecule has 0 saturated carbocycles. The van der Waals surface area contributed by atoms with Gasteiger partial charge in [0.1, 0.15) is 22.6 Å². The molecule has 20 heavy (non-hydrogen) atoms. The number of hydrogen-bond donors (Lipinski definition) is 1. The maximum atomic E-state index is 9.98. The van der Waals surface area contributed by atoms with Crippen molar-refractivity contribution in [3.05, 3.63) is 40.3 Å². The molecule has 2 aromatic rings. The van der Waals surface area contributed by atoms with Crippen LogP contribution in [0.5, 0.6) is 5.75 Å². The fraction of sp³-hybridized carbons (Fsp3) is 0.286. The Morgan fingerprint density at radius 1 is 1.45 bits per heavy atom. The summed E-state index contributed by atoms with van der Waals surface area (Å²) in [5.41, 5.74) is 2.11. The van der Waals surface area contributed by atoms with Gasteiger partial charge in [-0.3, -0.25) is 0 Å². The van der Waals surface area contributed by atoms with Crippen molar-refractivity contribution in [2.24, 2.45) is 0 Å². The van der Waals surface area contributed by atoms with E-state index in [-0.39, 0.29) is 5.75 Å². The van der Waals surface area contributed by atoms with E-state index in [1.54, 1.807) is 12.3 Å². The van der Waals surface area contributed by atoms with Gasteiger partial charge < -0.3 is 14.6 Å². The molecule has 2 aromatic heterocycles. The smallest absolute Gasteiger partial charge is 0.156 e. The number of nitriles is 1. The molecule has 3 rings (SSSR count). The number of anilines is 1. The predicted molar refractivity (Wildman–Crippen MR) is 75.8 cm³/mol. The van der Waals surface area contributed by atoms with Gasteiger partial charge in [0, 0.05) is 25.8 Å². The van der Waals surface area contributed by atoms with Crippen molar-refractivity contribution >= 4 is 17.4 Å². The zero-order valence-corrected chi connectivity index (χ0v) is 11.7. The van der Waals surface area contributed by atoms with Crippen LogP contribution in [0, 0.1) is 18.3 Å². The third-order valence-electron chi connectivity index (χ3n) is 3.63. The number of fused-ring (bicyclic) bond motifs is 1. The minimum atomic E-state index is 0.0847. The zero-order chi connectivity index (χ0) is 14.3. The second kappa shape index (κ2) is 4.73. The maximum Gasteiger partial charge on any atom is 0.156 e. The summed E-state index contributed by atoms with van der Waals surface area (Å²) >= 11 is 5.78. The SMILES string of the molecule is Cc1c(O)c(C#N)c2n1CCN2Cc1ccc(Cl)nc1. The predicted octanol–water partition coefficient (Wildman–Crippen LogP) is 2.44. The van der Waals surface area contributed by atoms with Crippen molar-refractivity contribution in [2.75, 3.05) is 11.4 Å². The summed E-state index contributed by atoms with van der Waals surface area (Å²) in [6, 6.07) is 5.76. The van der Waals surface area contributed by atoms with Crippen LogP contribution in [0.4, 0.5) is 5.82 Å². The highest BCUT2D eigenvalue weighted by atomic mass is 35.5. The van der Waals surface area contributed by atoms with Crippen LogP contribution in [0.3, 0.4) is 0 Å². The minimum Gasteiger partial charge on any atom is -0.505 e. The molecule has 0 fully saturated rings. The Kier molecular flexibility index (Phi) is 3.03. The van der Waals surface area contributed by atoms with Gasteiger partial charge in [-0.2, -0.15) is 5.26 Å². The van der Waals surface area contributed by atoms with E-state index >= 15 is 0 Å². The molecule has 0 amide bonds. The Balaban J connectivity index is 1.95. The first kappa shape index (κ1) is 12.8. The molecule has 0 radical (unpaired) electrons. The number of aromatic hydroxyl groups is 1. The number of rotatable bonds is 2. The second-order valence-electron chi connectivity index (χ2n) is 4.81. The molecule has 6 heteroatoms. The van der Waals surface area contributed by atoms with E-state index in [1.165, 1.54) is 0 Å². The summed E-state index contributed by atoms with van der Waals surface area (Å²) in [6.07, 6.45) is 1.73. The summed E-state index contributed by atoms with van der Waals surface area (Å²) in [5.74, 6) is 0.874. The normalized spacial score (nSPS) is 13.3. The largest absolute Gasteiger partial charge is 0.505 e. The summed E-state index contributed by atoms with van der Waals surface area (Å²) in [7, 11) is 0. The lowest BCUT2D eigenvalue weighted by atomic mass is 10.2. The molecule has 1 aliphatic rings. The van der Waals surface area contributed by atoms with Gasteiger partial charge in [0.25, 0.3) is 0 Å². The van der Waals surface area contributed by atoms with E-state index in [2.05, 4.69) is 16.0 Å². The van der Waals surface area contributed by atoms with Gasteiger partial charge >= 0.3 is 0 Å². The van der Waals surface area contributed by atoms with Gasteiger partial charge in [-0.25, -0.2) is 4.98 Å². The lowest BCUT2D eigenvalue weighted by Gasteiger charge is -2.17. The Bertz CT molecular complexity index is 699. The van der Waals surface area contributed by atoms with E-state index < -0.39 is 0 Å². The molecule has 0 spiro atoms. The number of nitrogens with zero attached hydrogens (tertiary/aromatic N) is 4. The lowest BCUT2D eigenvalue weighted by Crippen LogP contribution is -2.20. The van der Waals surface area contributed by atoms with Crippen molar-refractivity contribution in [1.29, 1.82) is 5.26 Å². The average Bonchev–Trinajstić information content (AvgIpc) is 2.94. The van der Waals surface area contributed by atoms with E-state index in [0.29, 0.717) is 17.3 Å². The Hall–Kier alpha value is -2.19. The first-order valence-corrected chi connectivity index (χ1v) is 6.67. The Labute approximate surface area is 121 Å². The first-order valence-electron chi connectivity index (χ1n) is 6.29.